The summed E-state index contributed by atoms with van der Waals surface area (Å²) >= 11 is 0. The van der Waals surface area contributed by atoms with Crippen LogP contribution in [0.5, 0.6) is 11.5 Å². The summed E-state index contributed by atoms with van der Waals surface area (Å²) in [6.45, 7) is 1.92. The van der Waals surface area contributed by atoms with Gasteiger partial charge in [0.05, 0.1) is 25.3 Å². The highest BCUT2D eigenvalue weighted by Crippen LogP contribution is 2.39. The van der Waals surface area contributed by atoms with Crippen LogP contribution < -0.4 is 14.8 Å². The third-order valence-electron chi connectivity index (χ3n) is 4.96. The quantitative estimate of drug-likeness (QED) is 0.910. The van der Waals surface area contributed by atoms with E-state index in [1.807, 2.05) is 25.1 Å². The molecule has 5 heteroatoms. The number of hydrogen-bond donors (Lipinski definition) is 1. The van der Waals surface area contributed by atoms with Gasteiger partial charge in [-0.3, -0.25) is 4.79 Å². The van der Waals surface area contributed by atoms with Gasteiger partial charge in [0.25, 0.3) is 0 Å². The number of amides is 1. The van der Waals surface area contributed by atoms with Crippen molar-refractivity contribution in [1.29, 1.82) is 0 Å². The van der Waals surface area contributed by atoms with Crippen molar-refractivity contribution in [3.05, 3.63) is 53.3 Å². The highest BCUT2D eigenvalue weighted by atomic mass is 19.1. The SMILES string of the molecule is COc1cc(F)c(NC(=O)C2(C)CCCc3ccccc32)cc1OC. The summed E-state index contributed by atoms with van der Waals surface area (Å²) in [5.74, 6) is -0.120. The van der Waals surface area contributed by atoms with Crippen LogP contribution in [0, 0.1) is 5.82 Å². The van der Waals surface area contributed by atoms with Crippen LogP contribution in [0.2, 0.25) is 0 Å². The van der Waals surface area contributed by atoms with Crippen LogP contribution in [0.3, 0.4) is 0 Å². The van der Waals surface area contributed by atoms with Gasteiger partial charge in [0.1, 0.15) is 0 Å². The number of benzene rings is 2. The smallest absolute Gasteiger partial charge is 0.234 e. The summed E-state index contributed by atoms with van der Waals surface area (Å²) in [7, 11) is 2.91. The van der Waals surface area contributed by atoms with Crippen LogP contribution in [0.25, 0.3) is 0 Å². The number of hydrogen-bond acceptors (Lipinski definition) is 3. The Bertz CT molecular complexity index is 806. The monoisotopic (exact) mass is 343 g/mol. The number of carbonyl (C=O) groups is 1. The Hall–Kier alpha value is -2.56. The topological polar surface area (TPSA) is 47.6 Å². The molecule has 1 atom stereocenters. The second kappa shape index (κ2) is 6.75. The summed E-state index contributed by atoms with van der Waals surface area (Å²) in [6, 6.07) is 10.6. The molecule has 1 unspecified atom stereocenters. The lowest BCUT2D eigenvalue weighted by Crippen LogP contribution is -2.40. The normalized spacial score (nSPS) is 19.0. The Morgan fingerprint density at radius 3 is 2.56 bits per heavy atom. The van der Waals surface area contributed by atoms with Crippen LogP contribution in [0.15, 0.2) is 36.4 Å². The molecule has 1 aliphatic rings. The molecule has 1 amide bonds. The lowest BCUT2D eigenvalue weighted by molar-refractivity contribution is -0.121. The first-order valence-electron chi connectivity index (χ1n) is 8.31. The Morgan fingerprint density at radius 2 is 1.84 bits per heavy atom. The van der Waals surface area contributed by atoms with Gasteiger partial charge in [0, 0.05) is 12.1 Å². The van der Waals surface area contributed by atoms with Gasteiger partial charge in [0.15, 0.2) is 17.3 Å². The van der Waals surface area contributed by atoms with E-state index in [4.69, 9.17) is 9.47 Å². The maximum Gasteiger partial charge on any atom is 0.234 e. The van der Waals surface area contributed by atoms with Gasteiger partial charge in [-0.2, -0.15) is 0 Å². The molecular weight excluding hydrogens is 321 g/mol. The molecule has 0 heterocycles. The highest BCUT2D eigenvalue weighted by molar-refractivity contribution is 5.99. The van der Waals surface area contributed by atoms with E-state index in [9.17, 15) is 9.18 Å². The molecule has 0 spiro atoms. The molecule has 0 bridgehead atoms. The molecule has 0 aromatic heterocycles. The molecule has 1 aliphatic carbocycles. The van der Waals surface area contributed by atoms with Crippen LogP contribution in [0.4, 0.5) is 10.1 Å². The van der Waals surface area contributed by atoms with Crippen LogP contribution in [-0.4, -0.2) is 20.1 Å². The Labute approximate surface area is 147 Å². The standard InChI is InChI=1S/C20H22FNO3/c1-20(10-6-8-13-7-4-5-9-14(13)20)19(23)22-16-12-18(25-3)17(24-2)11-15(16)21/h4-5,7,9,11-12H,6,8,10H2,1-3H3,(H,22,23). The summed E-state index contributed by atoms with van der Waals surface area (Å²) in [5, 5.41) is 2.74. The minimum Gasteiger partial charge on any atom is -0.493 e. The fraction of sp³-hybridized carbons (Fsp3) is 0.350. The average molecular weight is 343 g/mol. The average Bonchev–Trinajstić information content (AvgIpc) is 2.63. The van der Waals surface area contributed by atoms with Crippen molar-refractivity contribution >= 4 is 11.6 Å². The number of nitrogens with one attached hydrogen (secondary N) is 1. The van der Waals surface area contributed by atoms with E-state index in [2.05, 4.69) is 11.4 Å². The van der Waals surface area contributed by atoms with E-state index in [1.165, 1.54) is 31.9 Å². The molecule has 0 aliphatic heterocycles. The zero-order chi connectivity index (χ0) is 18.0. The molecule has 1 N–H and O–H groups in total. The number of aryl methyl sites for hydroxylation is 1. The van der Waals surface area contributed by atoms with Crippen molar-refractivity contribution in [3.8, 4) is 11.5 Å². The molecule has 0 saturated carbocycles. The highest BCUT2D eigenvalue weighted by Gasteiger charge is 2.39. The summed E-state index contributed by atoms with van der Waals surface area (Å²) in [4.78, 5) is 13.0. The third-order valence-corrected chi connectivity index (χ3v) is 4.96. The van der Waals surface area contributed by atoms with E-state index in [-0.39, 0.29) is 17.3 Å². The Kier molecular flexibility index (Phi) is 4.66. The molecule has 4 nitrogen and oxygen atoms in total. The van der Waals surface area contributed by atoms with Gasteiger partial charge in [0.2, 0.25) is 5.91 Å². The molecule has 0 fully saturated rings. The van der Waals surface area contributed by atoms with E-state index >= 15 is 0 Å². The summed E-state index contributed by atoms with van der Waals surface area (Å²) in [5.41, 5.74) is 1.60. The van der Waals surface area contributed by atoms with Gasteiger partial charge in [-0.25, -0.2) is 4.39 Å². The maximum absolute atomic E-state index is 14.4. The third kappa shape index (κ3) is 3.06. The molecule has 2 aromatic carbocycles. The number of methoxy groups -OCH3 is 2. The maximum atomic E-state index is 14.4. The minimum absolute atomic E-state index is 0.0897. The van der Waals surface area contributed by atoms with Crippen molar-refractivity contribution in [1.82, 2.24) is 0 Å². The van der Waals surface area contributed by atoms with Gasteiger partial charge in [-0.05, 0) is 37.3 Å². The van der Waals surface area contributed by atoms with Gasteiger partial charge >= 0.3 is 0 Å². The zero-order valence-corrected chi connectivity index (χ0v) is 14.7. The van der Waals surface area contributed by atoms with Crippen molar-refractivity contribution < 1.29 is 18.7 Å². The van der Waals surface area contributed by atoms with Gasteiger partial charge < -0.3 is 14.8 Å². The number of rotatable bonds is 4. The predicted molar refractivity (Wildman–Crippen MR) is 94.9 cm³/mol. The fourth-order valence-corrected chi connectivity index (χ4v) is 3.49. The predicted octanol–water partition coefficient (Wildman–Crippen LogP) is 4.08. The Balaban J connectivity index is 1.93. The second-order valence-electron chi connectivity index (χ2n) is 6.48. The lowest BCUT2D eigenvalue weighted by Gasteiger charge is -2.34. The largest absolute Gasteiger partial charge is 0.493 e. The summed E-state index contributed by atoms with van der Waals surface area (Å²) < 4.78 is 24.6. The van der Waals surface area contributed by atoms with Crippen LogP contribution in [0.1, 0.15) is 30.9 Å². The molecule has 0 saturated heterocycles. The van der Waals surface area contributed by atoms with Gasteiger partial charge in [-0.15, -0.1) is 0 Å². The second-order valence-corrected chi connectivity index (χ2v) is 6.48. The molecule has 0 radical (unpaired) electrons. The Morgan fingerprint density at radius 1 is 1.16 bits per heavy atom. The summed E-state index contributed by atoms with van der Waals surface area (Å²) in [6.07, 6.45) is 2.61. The van der Waals surface area contributed by atoms with Crippen LogP contribution in [-0.2, 0) is 16.6 Å². The first kappa shape index (κ1) is 17.3. The molecule has 132 valence electrons. The first-order chi connectivity index (χ1) is 12.0. The van der Waals surface area contributed by atoms with E-state index in [1.54, 1.807) is 0 Å². The fourth-order valence-electron chi connectivity index (χ4n) is 3.49. The van der Waals surface area contributed by atoms with Crippen molar-refractivity contribution in [2.24, 2.45) is 0 Å². The first-order valence-corrected chi connectivity index (χ1v) is 8.31. The molecular formula is C20H22FNO3. The molecule has 25 heavy (non-hydrogen) atoms. The number of ether oxygens (including phenoxy) is 2. The minimum atomic E-state index is -0.686. The zero-order valence-electron chi connectivity index (χ0n) is 14.7. The number of anilines is 1. The number of fused-ring (bicyclic) bond motifs is 1. The van der Waals surface area contributed by atoms with Crippen molar-refractivity contribution in [2.75, 3.05) is 19.5 Å². The number of carbonyl (C=O) groups excluding carboxylic acids is 1. The van der Waals surface area contributed by atoms with E-state index in [0.717, 1.165) is 24.8 Å². The number of halogens is 1. The van der Waals surface area contributed by atoms with Crippen molar-refractivity contribution in [2.45, 2.75) is 31.6 Å². The van der Waals surface area contributed by atoms with E-state index in [0.29, 0.717) is 5.75 Å². The molecule has 2 aromatic rings. The van der Waals surface area contributed by atoms with E-state index < -0.39 is 11.2 Å². The van der Waals surface area contributed by atoms with Gasteiger partial charge in [-0.1, -0.05) is 24.3 Å². The molecule has 3 rings (SSSR count). The van der Waals surface area contributed by atoms with Crippen LogP contribution >= 0.6 is 0 Å². The lowest BCUT2D eigenvalue weighted by atomic mass is 9.70. The van der Waals surface area contributed by atoms with Crippen molar-refractivity contribution in [3.63, 3.8) is 0 Å².